The van der Waals surface area contributed by atoms with Crippen molar-refractivity contribution in [2.75, 3.05) is 13.2 Å². The Hall–Kier alpha value is -0.160. The van der Waals surface area contributed by atoms with Gasteiger partial charge in [0.25, 0.3) is 0 Å². The number of hydrogen-bond acceptors (Lipinski definition) is 4. The second-order valence-electron chi connectivity index (χ2n) is 3.10. The van der Waals surface area contributed by atoms with Crippen molar-refractivity contribution in [3.8, 4) is 0 Å². The number of aliphatic hydroxyl groups is 3. The molecule has 1 fully saturated rings. The van der Waals surface area contributed by atoms with E-state index in [0.717, 1.165) is 0 Å². The Kier molecular flexibility index (Phi) is 2.84. The third-order valence-electron chi connectivity index (χ3n) is 2.33. The van der Waals surface area contributed by atoms with Gasteiger partial charge in [0.1, 0.15) is 0 Å². The van der Waals surface area contributed by atoms with Gasteiger partial charge in [0.05, 0.1) is 12.2 Å². The van der Waals surface area contributed by atoms with Crippen molar-refractivity contribution in [2.24, 2.45) is 5.92 Å². The van der Waals surface area contributed by atoms with Crippen LogP contribution in [-0.4, -0.2) is 46.7 Å². The number of rotatable bonds is 1. The van der Waals surface area contributed by atoms with Crippen LogP contribution in [0.15, 0.2) is 0 Å². The first-order valence-corrected chi connectivity index (χ1v) is 3.87. The van der Waals surface area contributed by atoms with Gasteiger partial charge in [0, 0.05) is 25.1 Å². The minimum absolute atomic E-state index is 0.0680. The lowest BCUT2D eigenvalue weighted by molar-refractivity contribution is -0.0638. The molecule has 4 N–H and O–H groups in total. The summed E-state index contributed by atoms with van der Waals surface area (Å²) in [6.07, 6.45) is -1.54. The Balaban J connectivity index is 2.55. The number of piperidine rings is 1. The third-order valence-corrected chi connectivity index (χ3v) is 2.33. The van der Waals surface area contributed by atoms with E-state index in [1.54, 1.807) is 0 Å². The van der Waals surface area contributed by atoms with Gasteiger partial charge in [-0.3, -0.25) is 0 Å². The Morgan fingerprint density at radius 2 is 2.09 bits per heavy atom. The molecule has 3 unspecified atom stereocenters. The van der Waals surface area contributed by atoms with Crippen molar-refractivity contribution < 1.29 is 15.3 Å². The van der Waals surface area contributed by atoms with Gasteiger partial charge >= 0.3 is 0 Å². The zero-order valence-electron chi connectivity index (χ0n) is 6.57. The van der Waals surface area contributed by atoms with Gasteiger partial charge in [0.15, 0.2) is 0 Å². The summed E-state index contributed by atoms with van der Waals surface area (Å²) in [5, 5.41) is 30.4. The third kappa shape index (κ3) is 1.70. The van der Waals surface area contributed by atoms with E-state index < -0.39 is 12.2 Å². The largest absolute Gasteiger partial charge is 0.396 e. The normalized spacial score (nSPS) is 45.8. The van der Waals surface area contributed by atoms with Crippen molar-refractivity contribution in [3.05, 3.63) is 0 Å². The fourth-order valence-corrected chi connectivity index (χ4v) is 1.43. The molecule has 66 valence electrons. The summed E-state index contributed by atoms with van der Waals surface area (Å²) in [6, 6.07) is 0.0680. The molecule has 1 aliphatic rings. The number of β-amino-alcohol motifs (C(OH)–C–C–N with tert-alkyl or cyclic N) is 1. The van der Waals surface area contributed by atoms with Crippen molar-refractivity contribution in [3.63, 3.8) is 0 Å². The minimum Gasteiger partial charge on any atom is -0.396 e. The van der Waals surface area contributed by atoms with Gasteiger partial charge in [0.2, 0.25) is 0 Å². The smallest absolute Gasteiger partial charge is 0.0927 e. The average molecular weight is 161 g/mol. The number of nitrogens with one attached hydrogen (secondary N) is 1. The van der Waals surface area contributed by atoms with Gasteiger partial charge in [-0.25, -0.2) is 0 Å². The van der Waals surface area contributed by atoms with Crippen LogP contribution in [-0.2, 0) is 0 Å². The maximum atomic E-state index is 9.36. The molecule has 1 rings (SSSR count). The molecular weight excluding hydrogens is 146 g/mol. The molecule has 1 saturated heterocycles. The maximum absolute atomic E-state index is 9.36. The lowest BCUT2D eigenvalue weighted by Crippen LogP contribution is -2.56. The van der Waals surface area contributed by atoms with Crippen molar-refractivity contribution >= 4 is 0 Å². The van der Waals surface area contributed by atoms with Gasteiger partial charge in [-0.2, -0.15) is 0 Å². The molecule has 1 heterocycles. The summed E-state index contributed by atoms with van der Waals surface area (Å²) < 4.78 is 0. The van der Waals surface area contributed by atoms with Gasteiger partial charge in [-0.05, 0) is 6.92 Å². The first kappa shape index (κ1) is 8.93. The molecule has 0 saturated carbocycles. The van der Waals surface area contributed by atoms with Crippen LogP contribution in [0.1, 0.15) is 6.92 Å². The van der Waals surface area contributed by atoms with E-state index in [4.69, 9.17) is 5.11 Å². The second kappa shape index (κ2) is 3.49. The first-order valence-electron chi connectivity index (χ1n) is 3.87. The molecule has 1 aliphatic heterocycles. The Morgan fingerprint density at radius 3 is 2.55 bits per heavy atom. The lowest BCUT2D eigenvalue weighted by Gasteiger charge is -2.36. The fourth-order valence-electron chi connectivity index (χ4n) is 1.43. The highest BCUT2D eigenvalue weighted by atomic mass is 16.3. The molecule has 0 aromatic heterocycles. The molecule has 4 heteroatoms. The summed E-state index contributed by atoms with van der Waals surface area (Å²) in [4.78, 5) is 0. The molecule has 0 radical (unpaired) electrons. The predicted octanol–water partition coefficient (Wildman–Crippen LogP) is -1.69. The predicted molar refractivity (Wildman–Crippen MR) is 40.1 cm³/mol. The molecule has 0 aliphatic carbocycles. The summed E-state index contributed by atoms with van der Waals surface area (Å²) in [6.45, 7) is 2.20. The van der Waals surface area contributed by atoms with Crippen molar-refractivity contribution in [2.45, 2.75) is 25.2 Å². The Bertz CT molecular complexity index is 131. The van der Waals surface area contributed by atoms with Crippen LogP contribution in [0.5, 0.6) is 0 Å². The van der Waals surface area contributed by atoms with Crippen LogP contribution in [0.4, 0.5) is 0 Å². The van der Waals surface area contributed by atoms with E-state index in [0.29, 0.717) is 6.54 Å². The fraction of sp³-hybridized carbons (Fsp3) is 1.00. The SMILES string of the molecule is CC1NCC(O)[C@H](O)C1CO. The van der Waals surface area contributed by atoms with Crippen molar-refractivity contribution in [1.82, 2.24) is 5.32 Å². The van der Waals surface area contributed by atoms with E-state index in [1.807, 2.05) is 6.92 Å². The number of aliphatic hydroxyl groups excluding tert-OH is 3. The van der Waals surface area contributed by atoms with E-state index in [-0.39, 0.29) is 18.6 Å². The maximum Gasteiger partial charge on any atom is 0.0927 e. The van der Waals surface area contributed by atoms with E-state index in [2.05, 4.69) is 5.32 Å². The van der Waals surface area contributed by atoms with Gasteiger partial charge < -0.3 is 20.6 Å². The quantitative estimate of drug-likeness (QED) is 0.370. The number of hydrogen-bond donors (Lipinski definition) is 4. The molecule has 0 aromatic carbocycles. The first-order chi connectivity index (χ1) is 5.16. The van der Waals surface area contributed by atoms with E-state index >= 15 is 0 Å². The summed E-state index contributed by atoms with van der Waals surface area (Å²) >= 11 is 0. The molecule has 11 heavy (non-hydrogen) atoms. The van der Waals surface area contributed by atoms with Crippen LogP contribution >= 0.6 is 0 Å². The molecule has 0 aromatic rings. The highest BCUT2D eigenvalue weighted by Gasteiger charge is 2.34. The van der Waals surface area contributed by atoms with Crippen LogP contribution in [0.2, 0.25) is 0 Å². The Labute approximate surface area is 65.9 Å². The zero-order valence-corrected chi connectivity index (χ0v) is 6.57. The highest BCUT2D eigenvalue weighted by molar-refractivity contribution is 4.89. The molecule has 0 bridgehead atoms. The van der Waals surface area contributed by atoms with Crippen molar-refractivity contribution in [1.29, 1.82) is 0 Å². The van der Waals surface area contributed by atoms with E-state index in [9.17, 15) is 10.2 Å². The van der Waals surface area contributed by atoms with E-state index in [1.165, 1.54) is 0 Å². The standard InChI is InChI=1S/C7H15NO3/c1-4-5(3-9)7(11)6(10)2-8-4/h4-11H,2-3H2,1H3/t4?,5?,6?,7-/m1/s1. The summed E-state index contributed by atoms with van der Waals surface area (Å²) in [7, 11) is 0. The highest BCUT2D eigenvalue weighted by Crippen LogP contribution is 2.16. The average Bonchev–Trinajstić information content (AvgIpc) is 1.99. The van der Waals surface area contributed by atoms with Crippen LogP contribution in [0.25, 0.3) is 0 Å². The van der Waals surface area contributed by atoms with Crippen LogP contribution in [0, 0.1) is 5.92 Å². The molecule has 4 atom stereocenters. The second-order valence-corrected chi connectivity index (χ2v) is 3.10. The van der Waals surface area contributed by atoms with Crippen LogP contribution in [0.3, 0.4) is 0 Å². The molecule has 0 spiro atoms. The monoisotopic (exact) mass is 161 g/mol. The zero-order chi connectivity index (χ0) is 8.43. The molecule has 4 nitrogen and oxygen atoms in total. The molecule has 0 amide bonds. The summed E-state index contributed by atoms with van der Waals surface area (Å²) in [5.74, 6) is -0.251. The Morgan fingerprint density at radius 1 is 1.45 bits per heavy atom. The minimum atomic E-state index is -0.795. The van der Waals surface area contributed by atoms with Gasteiger partial charge in [-0.15, -0.1) is 0 Å². The summed E-state index contributed by atoms with van der Waals surface area (Å²) in [5.41, 5.74) is 0. The lowest BCUT2D eigenvalue weighted by atomic mass is 9.88. The topological polar surface area (TPSA) is 72.7 Å². The van der Waals surface area contributed by atoms with Crippen LogP contribution < -0.4 is 5.32 Å². The molecular formula is C7H15NO3. The van der Waals surface area contributed by atoms with Gasteiger partial charge in [-0.1, -0.05) is 0 Å².